The molecular weight excluding hydrogens is 246 g/mol. The van der Waals surface area contributed by atoms with Crippen LogP contribution in [-0.4, -0.2) is 68.2 Å². The second-order valence-electron chi connectivity index (χ2n) is 4.13. The van der Waals surface area contributed by atoms with Crippen LogP contribution in [0.25, 0.3) is 0 Å². The minimum absolute atomic E-state index is 0.0307. The van der Waals surface area contributed by atoms with Gasteiger partial charge in [-0.05, 0) is 0 Å². The molecule has 0 spiro atoms. The maximum atomic E-state index is 11.3. The van der Waals surface area contributed by atoms with Crippen molar-refractivity contribution in [2.24, 2.45) is 0 Å². The average Bonchev–Trinajstić information content (AvgIpc) is 2.26. The lowest BCUT2D eigenvalue weighted by Crippen LogP contribution is -2.45. The summed E-state index contributed by atoms with van der Waals surface area (Å²) >= 11 is 0. The van der Waals surface area contributed by atoms with E-state index < -0.39 is 15.8 Å². The number of aliphatic carboxylic acids is 1. The van der Waals surface area contributed by atoms with E-state index in [2.05, 4.69) is 0 Å². The van der Waals surface area contributed by atoms with E-state index in [1.54, 1.807) is 6.92 Å². The van der Waals surface area contributed by atoms with Crippen LogP contribution in [0, 0.1) is 0 Å². The normalized spacial score (nSPS) is 22.5. The molecule has 1 fully saturated rings. The number of ether oxygens (including phenoxy) is 1. The number of carboxylic acids is 1. The van der Waals surface area contributed by atoms with Gasteiger partial charge in [0.1, 0.15) is 0 Å². The highest BCUT2D eigenvalue weighted by molar-refractivity contribution is 7.91. The minimum atomic E-state index is -2.96. The summed E-state index contributed by atoms with van der Waals surface area (Å²) in [6, 6.07) is 0. The zero-order valence-electron chi connectivity index (χ0n) is 9.96. The third-order valence-corrected chi connectivity index (χ3v) is 4.47. The van der Waals surface area contributed by atoms with Crippen molar-refractivity contribution in [2.75, 3.05) is 37.7 Å². The molecule has 1 aliphatic rings. The molecule has 0 bridgehead atoms. The van der Waals surface area contributed by atoms with Crippen LogP contribution in [0.5, 0.6) is 0 Å². The molecular formula is C10H19NO5S. The van der Waals surface area contributed by atoms with Crippen LogP contribution in [0.2, 0.25) is 0 Å². The van der Waals surface area contributed by atoms with Crippen molar-refractivity contribution >= 4 is 15.8 Å². The predicted octanol–water partition coefficient (Wildman–Crippen LogP) is -0.403. The molecule has 6 nitrogen and oxygen atoms in total. The first-order valence-corrected chi connectivity index (χ1v) is 7.51. The average molecular weight is 265 g/mol. The number of hydrogen-bond acceptors (Lipinski definition) is 5. The fourth-order valence-corrected chi connectivity index (χ4v) is 2.54. The third kappa shape index (κ3) is 5.47. The third-order valence-electron chi connectivity index (χ3n) is 2.78. The molecule has 0 aromatic rings. The zero-order chi connectivity index (χ0) is 12.9. The Morgan fingerprint density at radius 2 is 2.24 bits per heavy atom. The fourth-order valence-electron chi connectivity index (χ4n) is 1.71. The maximum absolute atomic E-state index is 11.3. The van der Waals surface area contributed by atoms with Crippen LogP contribution in [0.3, 0.4) is 0 Å². The molecule has 100 valence electrons. The molecule has 1 saturated heterocycles. The van der Waals surface area contributed by atoms with E-state index >= 15 is 0 Å². The molecule has 0 aliphatic carbocycles. The monoisotopic (exact) mass is 265 g/mol. The van der Waals surface area contributed by atoms with E-state index in [0.29, 0.717) is 26.2 Å². The van der Waals surface area contributed by atoms with Gasteiger partial charge in [0.15, 0.2) is 9.84 Å². The number of rotatable bonds is 6. The molecule has 0 amide bonds. The number of carboxylic acid groups (broad SMARTS) is 1. The van der Waals surface area contributed by atoms with Gasteiger partial charge in [0.25, 0.3) is 0 Å². The summed E-state index contributed by atoms with van der Waals surface area (Å²) in [6.45, 7) is 3.70. The summed E-state index contributed by atoms with van der Waals surface area (Å²) < 4.78 is 28.0. The SMILES string of the molecule is CCS(=O)(=O)CCN1CCOC(CC(=O)O)C1. The van der Waals surface area contributed by atoms with E-state index in [4.69, 9.17) is 9.84 Å². The van der Waals surface area contributed by atoms with Crippen LogP contribution in [0.1, 0.15) is 13.3 Å². The van der Waals surface area contributed by atoms with Gasteiger partial charge in [-0.15, -0.1) is 0 Å². The van der Waals surface area contributed by atoms with Crippen molar-refractivity contribution in [3.8, 4) is 0 Å². The van der Waals surface area contributed by atoms with Gasteiger partial charge in [-0.3, -0.25) is 9.69 Å². The summed E-state index contributed by atoms with van der Waals surface area (Å²) in [6.07, 6.45) is -0.359. The Kier molecular flexibility index (Phi) is 5.35. The van der Waals surface area contributed by atoms with Crippen LogP contribution in [0.15, 0.2) is 0 Å². The molecule has 0 aromatic heterocycles. The Hall–Kier alpha value is -0.660. The van der Waals surface area contributed by atoms with Crippen LogP contribution in [0.4, 0.5) is 0 Å². The van der Waals surface area contributed by atoms with Crippen molar-refractivity contribution in [3.05, 3.63) is 0 Å². The Morgan fingerprint density at radius 3 is 2.82 bits per heavy atom. The number of hydrogen-bond donors (Lipinski definition) is 1. The Morgan fingerprint density at radius 1 is 1.53 bits per heavy atom. The standard InChI is InChI=1S/C10H19NO5S/c1-2-17(14,15)6-4-11-3-5-16-9(8-11)7-10(12)13/h9H,2-8H2,1H3,(H,12,13). The fraction of sp³-hybridized carbons (Fsp3) is 0.900. The lowest BCUT2D eigenvalue weighted by Gasteiger charge is -2.32. The number of nitrogens with zero attached hydrogens (tertiary/aromatic N) is 1. The summed E-state index contributed by atoms with van der Waals surface area (Å²) in [7, 11) is -2.96. The van der Waals surface area contributed by atoms with Crippen LogP contribution in [-0.2, 0) is 19.4 Å². The van der Waals surface area contributed by atoms with Gasteiger partial charge < -0.3 is 9.84 Å². The Labute approximate surface area is 101 Å². The molecule has 1 unspecified atom stereocenters. The molecule has 0 radical (unpaired) electrons. The van der Waals surface area contributed by atoms with Gasteiger partial charge in [-0.25, -0.2) is 8.42 Å². The first-order chi connectivity index (χ1) is 7.93. The summed E-state index contributed by atoms with van der Waals surface area (Å²) in [4.78, 5) is 12.5. The predicted molar refractivity (Wildman–Crippen MR) is 62.8 cm³/mol. The first kappa shape index (κ1) is 14.4. The highest BCUT2D eigenvalue weighted by Crippen LogP contribution is 2.08. The molecule has 1 heterocycles. The van der Waals surface area contributed by atoms with Gasteiger partial charge >= 0.3 is 5.97 Å². The second kappa shape index (κ2) is 6.32. The molecule has 17 heavy (non-hydrogen) atoms. The highest BCUT2D eigenvalue weighted by atomic mass is 32.2. The van der Waals surface area contributed by atoms with Gasteiger partial charge in [0.05, 0.1) is 24.9 Å². The van der Waals surface area contributed by atoms with Crippen molar-refractivity contribution in [3.63, 3.8) is 0 Å². The number of carbonyl (C=O) groups is 1. The van der Waals surface area contributed by atoms with E-state index in [-0.39, 0.29) is 24.0 Å². The second-order valence-corrected chi connectivity index (χ2v) is 6.60. The summed E-state index contributed by atoms with van der Waals surface area (Å²) in [5.74, 6) is -0.614. The Bertz CT molecular complexity index is 354. The van der Waals surface area contributed by atoms with Gasteiger partial charge in [-0.2, -0.15) is 0 Å². The molecule has 1 rings (SSSR count). The van der Waals surface area contributed by atoms with Crippen molar-refractivity contribution in [1.82, 2.24) is 4.90 Å². The van der Waals surface area contributed by atoms with Crippen LogP contribution < -0.4 is 0 Å². The Balaban J connectivity index is 2.37. The molecule has 1 aliphatic heterocycles. The van der Waals surface area contributed by atoms with E-state index in [1.807, 2.05) is 4.90 Å². The smallest absolute Gasteiger partial charge is 0.306 e. The molecule has 1 atom stereocenters. The van der Waals surface area contributed by atoms with Gasteiger partial charge in [0.2, 0.25) is 0 Å². The number of sulfone groups is 1. The molecule has 0 aromatic carbocycles. The molecule has 0 saturated carbocycles. The zero-order valence-corrected chi connectivity index (χ0v) is 10.8. The lowest BCUT2D eigenvalue weighted by atomic mass is 10.2. The van der Waals surface area contributed by atoms with E-state index in [1.165, 1.54) is 0 Å². The summed E-state index contributed by atoms with van der Waals surface area (Å²) in [5.41, 5.74) is 0. The van der Waals surface area contributed by atoms with Crippen molar-refractivity contribution < 1.29 is 23.1 Å². The highest BCUT2D eigenvalue weighted by Gasteiger charge is 2.23. The number of morpholine rings is 1. The van der Waals surface area contributed by atoms with Crippen LogP contribution >= 0.6 is 0 Å². The topological polar surface area (TPSA) is 83.9 Å². The first-order valence-electron chi connectivity index (χ1n) is 5.69. The quantitative estimate of drug-likeness (QED) is 0.703. The largest absolute Gasteiger partial charge is 0.481 e. The van der Waals surface area contributed by atoms with E-state index in [9.17, 15) is 13.2 Å². The van der Waals surface area contributed by atoms with Crippen molar-refractivity contribution in [1.29, 1.82) is 0 Å². The lowest BCUT2D eigenvalue weighted by molar-refractivity contribution is -0.142. The van der Waals surface area contributed by atoms with Crippen molar-refractivity contribution in [2.45, 2.75) is 19.4 Å². The maximum Gasteiger partial charge on any atom is 0.306 e. The minimum Gasteiger partial charge on any atom is -0.481 e. The summed E-state index contributed by atoms with van der Waals surface area (Å²) in [5, 5.41) is 8.65. The van der Waals surface area contributed by atoms with E-state index in [0.717, 1.165) is 0 Å². The molecule has 1 N–H and O–H groups in total. The molecule has 7 heteroatoms. The van der Waals surface area contributed by atoms with Gasteiger partial charge in [-0.1, -0.05) is 6.92 Å². The van der Waals surface area contributed by atoms with Gasteiger partial charge in [0, 0.05) is 25.4 Å².